The van der Waals surface area contributed by atoms with E-state index in [1.807, 2.05) is 36.4 Å². The zero-order chi connectivity index (χ0) is 14.1. The molecular weight excluding hydrogens is 318 g/mol. The summed E-state index contributed by atoms with van der Waals surface area (Å²) in [6, 6.07) is 13.4. The molecule has 0 spiro atoms. The Bertz CT molecular complexity index is 842. The van der Waals surface area contributed by atoms with Crippen molar-refractivity contribution in [1.29, 1.82) is 0 Å². The molecule has 4 nitrogen and oxygen atoms in total. The van der Waals surface area contributed by atoms with Crippen LogP contribution in [0.2, 0.25) is 0 Å². The quantitative estimate of drug-likeness (QED) is 0.786. The van der Waals surface area contributed by atoms with Crippen molar-refractivity contribution in [2.45, 2.75) is 6.54 Å². The van der Waals surface area contributed by atoms with Gasteiger partial charge in [-0.25, -0.2) is 0 Å². The number of benzene rings is 1. The van der Waals surface area contributed by atoms with Crippen LogP contribution in [0.3, 0.4) is 0 Å². The molecule has 20 heavy (non-hydrogen) atoms. The third-order valence-electron chi connectivity index (χ3n) is 3.05. The number of hydrogen-bond donors (Lipinski definition) is 1. The molecule has 0 aliphatic heterocycles. The SMILES string of the molecule is Nc1cc(Br)c(=O)n(Cc2ccc3ccccc3n2)c1. The second-order valence-corrected chi connectivity index (χ2v) is 5.40. The van der Waals surface area contributed by atoms with Gasteiger partial charge in [-0.1, -0.05) is 24.3 Å². The smallest absolute Gasteiger partial charge is 0.265 e. The molecule has 0 amide bonds. The normalized spacial score (nSPS) is 10.8. The fourth-order valence-corrected chi connectivity index (χ4v) is 2.60. The molecule has 0 saturated heterocycles. The third-order valence-corrected chi connectivity index (χ3v) is 3.62. The van der Waals surface area contributed by atoms with Gasteiger partial charge in [0.25, 0.3) is 5.56 Å². The molecule has 0 unspecified atom stereocenters. The molecule has 3 rings (SSSR count). The van der Waals surface area contributed by atoms with E-state index >= 15 is 0 Å². The predicted octanol–water partition coefficient (Wildman–Crippen LogP) is 2.79. The molecule has 0 aliphatic rings. The second-order valence-electron chi connectivity index (χ2n) is 4.55. The lowest BCUT2D eigenvalue weighted by Gasteiger charge is -2.08. The highest BCUT2D eigenvalue weighted by molar-refractivity contribution is 9.10. The Labute approximate surface area is 124 Å². The van der Waals surface area contributed by atoms with E-state index in [2.05, 4.69) is 20.9 Å². The highest BCUT2D eigenvalue weighted by Gasteiger charge is 2.05. The number of aromatic nitrogens is 2. The molecule has 0 atom stereocenters. The van der Waals surface area contributed by atoms with Crippen LogP contribution >= 0.6 is 15.9 Å². The van der Waals surface area contributed by atoms with Crippen molar-refractivity contribution in [3.05, 3.63) is 69.2 Å². The van der Waals surface area contributed by atoms with Gasteiger partial charge in [-0.2, -0.15) is 0 Å². The summed E-state index contributed by atoms with van der Waals surface area (Å²) in [5.74, 6) is 0. The Balaban J connectivity index is 2.03. The fraction of sp³-hybridized carbons (Fsp3) is 0.0667. The second kappa shape index (κ2) is 5.09. The Morgan fingerprint density at radius 3 is 2.85 bits per heavy atom. The Morgan fingerprint density at radius 1 is 1.20 bits per heavy atom. The van der Waals surface area contributed by atoms with Crippen molar-refractivity contribution in [3.8, 4) is 0 Å². The number of hydrogen-bond acceptors (Lipinski definition) is 3. The molecular formula is C15H12BrN3O. The summed E-state index contributed by atoms with van der Waals surface area (Å²) in [6.45, 7) is 0.396. The third kappa shape index (κ3) is 2.44. The van der Waals surface area contributed by atoms with E-state index in [4.69, 9.17) is 5.73 Å². The zero-order valence-electron chi connectivity index (χ0n) is 10.6. The van der Waals surface area contributed by atoms with Crippen molar-refractivity contribution >= 4 is 32.5 Å². The number of fused-ring (bicyclic) bond motifs is 1. The lowest BCUT2D eigenvalue weighted by molar-refractivity contribution is 0.740. The van der Waals surface area contributed by atoms with E-state index in [1.165, 1.54) is 0 Å². The highest BCUT2D eigenvalue weighted by atomic mass is 79.9. The van der Waals surface area contributed by atoms with Gasteiger partial charge in [0.1, 0.15) is 0 Å². The molecule has 2 aromatic heterocycles. The molecule has 2 heterocycles. The van der Waals surface area contributed by atoms with Gasteiger partial charge in [0.15, 0.2) is 0 Å². The topological polar surface area (TPSA) is 60.9 Å². The maximum absolute atomic E-state index is 12.0. The van der Waals surface area contributed by atoms with E-state index in [0.29, 0.717) is 16.7 Å². The summed E-state index contributed by atoms with van der Waals surface area (Å²) >= 11 is 3.22. The number of pyridine rings is 2. The first kappa shape index (κ1) is 12.9. The van der Waals surface area contributed by atoms with Gasteiger partial charge in [-0.15, -0.1) is 0 Å². The van der Waals surface area contributed by atoms with Crippen LogP contribution in [0, 0.1) is 0 Å². The Hall–Kier alpha value is -2.14. The average Bonchev–Trinajstić information content (AvgIpc) is 2.44. The van der Waals surface area contributed by atoms with Crippen LogP contribution in [0.5, 0.6) is 0 Å². The van der Waals surface area contributed by atoms with Gasteiger partial charge in [-0.05, 0) is 34.1 Å². The molecule has 2 N–H and O–H groups in total. The predicted molar refractivity (Wildman–Crippen MR) is 83.7 cm³/mol. The van der Waals surface area contributed by atoms with Gasteiger partial charge < -0.3 is 10.3 Å². The standard InChI is InChI=1S/C15H12BrN3O/c16-13-7-11(17)8-19(15(13)20)9-12-6-5-10-3-1-2-4-14(10)18-12/h1-8H,9,17H2. The zero-order valence-corrected chi connectivity index (χ0v) is 12.2. The molecule has 0 bridgehead atoms. The first-order valence-corrected chi connectivity index (χ1v) is 6.93. The number of nitrogen functional groups attached to an aromatic ring is 1. The maximum atomic E-state index is 12.0. The van der Waals surface area contributed by atoms with E-state index in [1.54, 1.807) is 16.8 Å². The van der Waals surface area contributed by atoms with E-state index < -0.39 is 0 Å². The molecule has 0 fully saturated rings. The molecule has 5 heteroatoms. The highest BCUT2D eigenvalue weighted by Crippen LogP contribution is 2.13. The van der Waals surface area contributed by atoms with Gasteiger partial charge in [-0.3, -0.25) is 9.78 Å². The molecule has 1 aromatic carbocycles. The lowest BCUT2D eigenvalue weighted by Crippen LogP contribution is -2.21. The van der Waals surface area contributed by atoms with E-state index in [0.717, 1.165) is 16.6 Å². The minimum atomic E-state index is -0.117. The molecule has 0 saturated carbocycles. The first-order valence-electron chi connectivity index (χ1n) is 6.13. The van der Waals surface area contributed by atoms with Crippen LogP contribution in [0.15, 0.2) is 57.9 Å². The van der Waals surface area contributed by atoms with Gasteiger partial charge in [0, 0.05) is 17.3 Å². The van der Waals surface area contributed by atoms with Crippen molar-refractivity contribution in [3.63, 3.8) is 0 Å². The minimum absolute atomic E-state index is 0.117. The number of rotatable bonds is 2. The Kier molecular flexibility index (Phi) is 3.28. The number of halogens is 1. The Morgan fingerprint density at radius 2 is 2.00 bits per heavy atom. The van der Waals surface area contributed by atoms with E-state index in [-0.39, 0.29) is 5.56 Å². The number of anilines is 1. The molecule has 100 valence electrons. The summed E-state index contributed by atoms with van der Waals surface area (Å²) in [7, 11) is 0. The van der Waals surface area contributed by atoms with Crippen LogP contribution in [-0.2, 0) is 6.54 Å². The summed E-state index contributed by atoms with van der Waals surface area (Å²) < 4.78 is 2.01. The summed E-state index contributed by atoms with van der Waals surface area (Å²) in [6.07, 6.45) is 1.63. The number of nitrogens with two attached hydrogens (primary N) is 1. The van der Waals surface area contributed by atoms with Crippen LogP contribution in [0.1, 0.15) is 5.69 Å². The summed E-state index contributed by atoms with van der Waals surface area (Å²) in [5, 5.41) is 1.08. The van der Waals surface area contributed by atoms with Gasteiger partial charge >= 0.3 is 0 Å². The van der Waals surface area contributed by atoms with Crippen LogP contribution in [0.4, 0.5) is 5.69 Å². The largest absolute Gasteiger partial charge is 0.398 e. The first-order chi connectivity index (χ1) is 9.63. The lowest BCUT2D eigenvalue weighted by atomic mass is 10.2. The maximum Gasteiger partial charge on any atom is 0.265 e. The fourth-order valence-electron chi connectivity index (χ4n) is 2.11. The minimum Gasteiger partial charge on any atom is -0.398 e. The average molecular weight is 330 g/mol. The van der Waals surface area contributed by atoms with Gasteiger partial charge in [0.2, 0.25) is 0 Å². The molecule has 0 radical (unpaired) electrons. The monoisotopic (exact) mass is 329 g/mol. The van der Waals surface area contributed by atoms with Crippen molar-refractivity contribution in [1.82, 2.24) is 9.55 Å². The molecule has 3 aromatic rings. The van der Waals surface area contributed by atoms with E-state index in [9.17, 15) is 4.79 Å². The number of nitrogens with zero attached hydrogens (tertiary/aromatic N) is 2. The summed E-state index contributed by atoms with van der Waals surface area (Å²) in [4.78, 5) is 16.6. The van der Waals surface area contributed by atoms with Crippen LogP contribution in [0.25, 0.3) is 10.9 Å². The van der Waals surface area contributed by atoms with Crippen molar-refractivity contribution in [2.75, 3.05) is 5.73 Å². The van der Waals surface area contributed by atoms with Gasteiger partial charge in [0.05, 0.1) is 22.2 Å². The van der Waals surface area contributed by atoms with Crippen molar-refractivity contribution in [2.24, 2.45) is 0 Å². The van der Waals surface area contributed by atoms with Crippen LogP contribution in [-0.4, -0.2) is 9.55 Å². The molecule has 0 aliphatic carbocycles. The van der Waals surface area contributed by atoms with Crippen LogP contribution < -0.4 is 11.3 Å². The number of para-hydroxylation sites is 1. The van der Waals surface area contributed by atoms with Crippen molar-refractivity contribution < 1.29 is 0 Å². The summed E-state index contributed by atoms with van der Waals surface area (Å²) in [5.41, 5.74) is 7.93.